The maximum Gasteiger partial charge on any atom is 0.00979 e. The van der Waals surface area contributed by atoms with Crippen LogP contribution in [0.15, 0.2) is 0 Å². The van der Waals surface area contributed by atoms with E-state index in [0.717, 1.165) is 30.3 Å². The second-order valence-electron chi connectivity index (χ2n) is 7.01. The molecule has 0 amide bonds. The molecule has 1 heteroatoms. The fraction of sp³-hybridized carbons (Fsp3) is 1.00. The minimum Gasteiger partial charge on any atom is -0.314 e. The van der Waals surface area contributed by atoms with Crippen molar-refractivity contribution in [3.8, 4) is 0 Å². The summed E-state index contributed by atoms with van der Waals surface area (Å²) in [5.74, 6) is 3.03. The van der Waals surface area contributed by atoms with Crippen LogP contribution in [0.4, 0.5) is 0 Å². The van der Waals surface area contributed by atoms with Crippen LogP contribution in [0.3, 0.4) is 0 Å². The molecule has 1 N–H and O–H groups in total. The van der Waals surface area contributed by atoms with Gasteiger partial charge in [-0.3, -0.25) is 0 Å². The highest BCUT2D eigenvalue weighted by Crippen LogP contribution is 2.37. The van der Waals surface area contributed by atoms with Crippen LogP contribution < -0.4 is 5.32 Å². The average molecular weight is 265 g/mol. The van der Waals surface area contributed by atoms with Crippen LogP contribution in [0.5, 0.6) is 0 Å². The summed E-state index contributed by atoms with van der Waals surface area (Å²) in [6, 6.07) is 0.816. The molecule has 3 unspecified atom stereocenters. The normalized spacial score (nSPS) is 30.6. The van der Waals surface area contributed by atoms with E-state index in [0.29, 0.717) is 0 Å². The average Bonchev–Trinajstić information content (AvgIpc) is 2.96. The van der Waals surface area contributed by atoms with Crippen molar-refractivity contribution in [3.05, 3.63) is 0 Å². The second kappa shape index (κ2) is 8.29. The zero-order chi connectivity index (χ0) is 13.5. The van der Waals surface area contributed by atoms with Crippen molar-refractivity contribution in [2.24, 2.45) is 17.8 Å². The van der Waals surface area contributed by atoms with Gasteiger partial charge in [-0.1, -0.05) is 65.2 Å². The fourth-order valence-electron chi connectivity index (χ4n) is 4.72. The lowest BCUT2D eigenvalue weighted by atomic mass is 9.72. The van der Waals surface area contributed by atoms with E-state index in [1.807, 2.05) is 0 Å². The Kier molecular flexibility index (Phi) is 6.70. The first-order valence-electron chi connectivity index (χ1n) is 9.08. The Morgan fingerprint density at radius 1 is 0.947 bits per heavy atom. The maximum atomic E-state index is 3.84. The van der Waals surface area contributed by atoms with E-state index in [4.69, 9.17) is 0 Å². The molecule has 0 aromatic carbocycles. The summed E-state index contributed by atoms with van der Waals surface area (Å²) in [7, 11) is 0. The van der Waals surface area contributed by atoms with E-state index in [-0.39, 0.29) is 0 Å². The van der Waals surface area contributed by atoms with Crippen molar-refractivity contribution < 1.29 is 0 Å². The third-order valence-corrected chi connectivity index (χ3v) is 5.84. The molecule has 0 saturated heterocycles. The lowest BCUT2D eigenvalue weighted by Crippen LogP contribution is -2.41. The Bertz CT molecular complexity index is 232. The first-order chi connectivity index (χ1) is 9.35. The van der Waals surface area contributed by atoms with E-state index in [1.165, 1.54) is 70.6 Å². The zero-order valence-electron chi connectivity index (χ0n) is 13.3. The van der Waals surface area contributed by atoms with E-state index in [1.54, 1.807) is 0 Å². The number of hydrogen-bond donors (Lipinski definition) is 1. The molecule has 0 spiro atoms. The van der Waals surface area contributed by atoms with Gasteiger partial charge in [0, 0.05) is 6.04 Å². The smallest absolute Gasteiger partial charge is 0.00979 e. The molecular weight excluding hydrogens is 230 g/mol. The number of hydrogen-bond acceptors (Lipinski definition) is 1. The summed E-state index contributed by atoms with van der Waals surface area (Å²) in [6.45, 7) is 5.84. The summed E-state index contributed by atoms with van der Waals surface area (Å²) in [6.07, 6.45) is 16.3. The Morgan fingerprint density at radius 2 is 1.63 bits per heavy atom. The molecule has 2 aliphatic rings. The highest BCUT2D eigenvalue weighted by Gasteiger charge is 2.30. The molecule has 2 fully saturated rings. The molecule has 0 radical (unpaired) electrons. The van der Waals surface area contributed by atoms with Gasteiger partial charge in [0.15, 0.2) is 0 Å². The Morgan fingerprint density at radius 3 is 2.32 bits per heavy atom. The first-order valence-corrected chi connectivity index (χ1v) is 9.08. The fourth-order valence-corrected chi connectivity index (χ4v) is 4.72. The van der Waals surface area contributed by atoms with Gasteiger partial charge in [0.1, 0.15) is 0 Å². The van der Waals surface area contributed by atoms with Crippen LogP contribution in [-0.4, -0.2) is 12.6 Å². The molecule has 0 aromatic rings. The molecule has 2 rings (SSSR count). The topological polar surface area (TPSA) is 12.0 Å². The van der Waals surface area contributed by atoms with Gasteiger partial charge >= 0.3 is 0 Å². The standard InChI is InChI=1S/C18H35N/c1-3-16-11-7-8-12-17(16)18(19-4-2)14-13-15-9-5-6-10-15/h15-19H,3-14H2,1-2H3. The van der Waals surface area contributed by atoms with Gasteiger partial charge in [-0.25, -0.2) is 0 Å². The van der Waals surface area contributed by atoms with Crippen LogP contribution in [-0.2, 0) is 0 Å². The van der Waals surface area contributed by atoms with Gasteiger partial charge in [0.25, 0.3) is 0 Å². The summed E-state index contributed by atoms with van der Waals surface area (Å²) >= 11 is 0. The second-order valence-corrected chi connectivity index (χ2v) is 7.01. The van der Waals surface area contributed by atoms with Crippen LogP contribution in [0, 0.1) is 17.8 Å². The first kappa shape index (κ1) is 15.4. The van der Waals surface area contributed by atoms with Crippen molar-refractivity contribution in [2.75, 3.05) is 6.54 Å². The number of nitrogens with one attached hydrogen (secondary N) is 1. The van der Waals surface area contributed by atoms with Crippen LogP contribution in [0.1, 0.15) is 84.5 Å². The van der Waals surface area contributed by atoms with Gasteiger partial charge in [0.05, 0.1) is 0 Å². The molecule has 2 aliphatic carbocycles. The third kappa shape index (κ3) is 4.48. The zero-order valence-corrected chi connectivity index (χ0v) is 13.3. The van der Waals surface area contributed by atoms with Gasteiger partial charge in [-0.2, -0.15) is 0 Å². The Labute approximate surface area is 120 Å². The lowest BCUT2D eigenvalue weighted by Gasteiger charge is -2.38. The highest BCUT2D eigenvalue weighted by molar-refractivity contribution is 4.85. The molecule has 0 aromatic heterocycles. The molecule has 0 heterocycles. The van der Waals surface area contributed by atoms with Crippen LogP contribution in [0.2, 0.25) is 0 Å². The van der Waals surface area contributed by atoms with E-state index in [2.05, 4.69) is 19.2 Å². The molecule has 2 saturated carbocycles. The highest BCUT2D eigenvalue weighted by atomic mass is 14.9. The predicted octanol–water partition coefficient (Wildman–Crippen LogP) is 5.15. The minimum absolute atomic E-state index is 0.816. The molecule has 3 atom stereocenters. The van der Waals surface area contributed by atoms with Gasteiger partial charge < -0.3 is 5.32 Å². The van der Waals surface area contributed by atoms with Crippen molar-refractivity contribution in [1.29, 1.82) is 0 Å². The molecule has 0 aliphatic heterocycles. The largest absolute Gasteiger partial charge is 0.314 e. The SMILES string of the molecule is CCNC(CCC1CCCC1)C1CCCCC1CC. The van der Waals surface area contributed by atoms with Crippen molar-refractivity contribution in [1.82, 2.24) is 5.32 Å². The van der Waals surface area contributed by atoms with Crippen molar-refractivity contribution >= 4 is 0 Å². The quantitative estimate of drug-likeness (QED) is 0.671. The van der Waals surface area contributed by atoms with E-state index < -0.39 is 0 Å². The molecule has 19 heavy (non-hydrogen) atoms. The number of rotatable bonds is 7. The molecule has 0 bridgehead atoms. The molecular formula is C18H35N. The monoisotopic (exact) mass is 265 g/mol. The molecule has 1 nitrogen and oxygen atoms in total. The summed E-state index contributed by atoms with van der Waals surface area (Å²) < 4.78 is 0. The van der Waals surface area contributed by atoms with Crippen molar-refractivity contribution in [2.45, 2.75) is 90.5 Å². The Hall–Kier alpha value is -0.0400. The predicted molar refractivity (Wildman–Crippen MR) is 84.4 cm³/mol. The Balaban J connectivity index is 1.85. The van der Waals surface area contributed by atoms with E-state index >= 15 is 0 Å². The van der Waals surface area contributed by atoms with Gasteiger partial charge in [0.2, 0.25) is 0 Å². The van der Waals surface area contributed by atoms with Crippen LogP contribution >= 0.6 is 0 Å². The maximum absolute atomic E-state index is 3.84. The van der Waals surface area contributed by atoms with Gasteiger partial charge in [-0.15, -0.1) is 0 Å². The van der Waals surface area contributed by atoms with Crippen molar-refractivity contribution in [3.63, 3.8) is 0 Å². The molecule has 112 valence electrons. The van der Waals surface area contributed by atoms with Crippen LogP contribution in [0.25, 0.3) is 0 Å². The summed E-state index contributed by atoms with van der Waals surface area (Å²) in [4.78, 5) is 0. The summed E-state index contributed by atoms with van der Waals surface area (Å²) in [5.41, 5.74) is 0. The third-order valence-electron chi connectivity index (χ3n) is 5.84. The summed E-state index contributed by atoms with van der Waals surface area (Å²) in [5, 5.41) is 3.84. The van der Waals surface area contributed by atoms with Gasteiger partial charge in [-0.05, 0) is 43.6 Å². The lowest BCUT2D eigenvalue weighted by molar-refractivity contribution is 0.164. The minimum atomic E-state index is 0.816. The van der Waals surface area contributed by atoms with E-state index in [9.17, 15) is 0 Å².